The number of ether oxygens (including phenoxy) is 1. The number of rotatable bonds is 6. The molecule has 1 unspecified atom stereocenters. The molecule has 1 aromatic carbocycles. The van der Waals surface area contributed by atoms with Crippen molar-refractivity contribution in [1.82, 2.24) is 5.32 Å². The summed E-state index contributed by atoms with van der Waals surface area (Å²) in [6, 6.07) is 6.79. The predicted octanol–water partition coefficient (Wildman–Crippen LogP) is 2.84. The van der Waals surface area contributed by atoms with Crippen molar-refractivity contribution in [3.63, 3.8) is 0 Å². The molecule has 0 aliphatic rings. The molecule has 0 amide bonds. The third-order valence-corrected chi connectivity index (χ3v) is 3.11. The molecule has 3 heteroatoms. The highest BCUT2D eigenvalue weighted by Crippen LogP contribution is 2.25. The van der Waals surface area contributed by atoms with Crippen LogP contribution in [0, 0.1) is 0 Å². The van der Waals surface area contributed by atoms with Gasteiger partial charge in [-0.05, 0) is 42.8 Å². The van der Waals surface area contributed by atoms with E-state index in [0.29, 0.717) is 6.04 Å². The van der Waals surface area contributed by atoms with Gasteiger partial charge in [-0.25, -0.2) is 0 Å². The molecule has 1 N–H and O–H groups in total. The second-order valence-corrected chi connectivity index (χ2v) is 4.23. The molecule has 0 radical (unpaired) electrons. The number of thiol groups is 1. The fourth-order valence-electron chi connectivity index (χ4n) is 1.90. The van der Waals surface area contributed by atoms with E-state index in [9.17, 15) is 0 Å². The quantitative estimate of drug-likeness (QED) is 0.745. The number of methoxy groups -OCH3 is 1. The normalized spacial score (nSPS) is 12.5. The molecule has 2 nitrogen and oxygen atoms in total. The van der Waals surface area contributed by atoms with Crippen LogP contribution >= 0.6 is 12.6 Å². The standard InChI is InChI=1S/C13H21NOS/c1-4-10-9-11(5-6-13(10)15-3)12(14-2)7-8-16/h5-6,9,12,14,16H,4,7-8H2,1-3H3. The molecule has 0 saturated heterocycles. The zero-order valence-corrected chi connectivity index (χ0v) is 11.2. The smallest absolute Gasteiger partial charge is 0.122 e. The van der Waals surface area contributed by atoms with E-state index < -0.39 is 0 Å². The first-order valence-corrected chi connectivity index (χ1v) is 6.35. The minimum absolute atomic E-state index is 0.383. The van der Waals surface area contributed by atoms with Gasteiger partial charge in [0.2, 0.25) is 0 Å². The van der Waals surface area contributed by atoms with E-state index in [0.717, 1.165) is 24.3 Å². The summed E-state index contributed by atoms with van der Waals surface area (Å²) in [5.41, 5.74) is 2.58. The maximum absolute atomic E-state index is 5.33. The van der Waals surface area contributed by atoms with Crippen molar-refractivity contribution >= 4 is 12.6 Å². The van der Waals surface area contributed by atoms with Crippen molar-refractivity contribution in [1.29, 1.82) is 0 Å². The van der Waals surface area contributed by atoms with Crippen molar-refractivity contribution in [2.24, 2.45) is 0 Å². The average Bonchev–Trinajstić information content (AvgIpc) is 2.35. The minimum atomic E-state index is 0.383. The Hall–Kier alpha value is -0.670. The SMILES string of the molecule is CCc1cc(C(CCS)NC)ccc1OC. The van der Waals surface area contributed by atoms with Crippen molar-refractivity contribution < 1.29 is 4.74 Å². The van der Waals surface area contributed by atoms with Gasteiger partial charge in [0.25, 0.3) is 0 Å². The summed E-state index contributed by atoms with van der Waals surface area (Å²) in [7, 11) is 3.71. The Bertz CT molecular complexity index is 328. The van der Waals surface area contributed by atoms with Gasteiger partial charge in [-0.2, -0.15) is 12.6 Å². The monoisotopic (exact) mass is 239 g/mol. The summed E-state index contributed by atoms with van der Waals surface area (Å²) in [6.07, 6.45) is 2.03. The van der Waals surface area contributed by atoms with Gasteiger partial charge in [0, 0.05) is 6.04 Å². The van der Waals surface area contributed by atoms with Gasteiger partial charge in [-0.1, -0.05) is 19.1 Å². The van der Waals surface area contributed by atoms with E-state index in [1.54, 1.807) is 7.11 Å². The molecule has 0 bridgehead atoms. The van der Waals surface area contributed by atoms with Crippen LogP contribution in [0.25, 0.3) is 0 Å². The molecule has 0 aliphatic carbocycles. The summed E-state index contributed by atoms with van der Waals surface area (Å²) in [5, 5.41) is 3.32. The van der Waals surface area contributed by atoms with Gasteiger partial charge in [-0.15, -0.1) is 0 Å². The molecule has 1 atom stereocenters. The molecule has 0 heterocycles. The Balaban J connectivity index is 2.96. The lowest BCUT2D eigenvalue weighted by molar-refractivity contribution is 0.409. The lowest BCUT2D eigenvalue weighted by Crippen LogP contribution is -2.17. The van der Waals surface area contributed by atoms with Crippen molar-refractivity contribution in [3.8, 4) is 5.75 Å². The van der Waals surface area contributed by atoms with Crippen LogP contribution in [-0.4, -0.2) is 19.9 Å². The summed E-state index contributed by atoms with van der Waals surface area (Å²) < 4.78 is 5.33. The fraction of sp³-hybridized carbons (Fsp3) is 0.538. The van der Waals surface area contributed by atoms with Crippen molar-refractivity contribution in [3.05, 3.63) is 29.3 Å². The molecule has 0 aromatic heterocycles. The maximum Gasteiger partial charge on any atom is 0.122 e. The molecule has 90 valence electrons. The van der Waals surface area contributed by atoms with Gasteiger partial charge in [0.15, 0.2) is 0 Å². The Labute approximate surface area is 104 Å². The highest BCUT2D eigenvalue weighted by molar-refractivity contribution is 7.80. The van der Waals surface area contributed by atoms with Crippen molar-refractivity contribution in [2.45, 2.75) is 25.8 Å². The van der Waals surface area contributed by atoms with Gasteiger partial charge < -0.3 is 10.1 Å². The van der Waals surface area contributed by atoms with Crippen LogP contribution < -0.4 is 10.1 Å². The molecule has 1 rings (SSSR count). The number of benzene rings is 1. The number of hydrogen-bond acceptors (Lipinski definition) is 3. The first-order chi connectivity index (χ1) is 7.76. The molecule has 0 spiro atoms. The summed E-state index contributed by atoms with van der Waals surface area (Å²) >= 11 is 4.29. The van der Waals surface area contributed by atoms with E-state index in [1.165, 1.54) is 11.1 Å². The number of nitrogens with one attached hydrogen (secondary N) is 1. The van der Waals surface area contributed by atoms with Gasteiger partial charge in [-0.3, -0.25) is 0 Å². The third kappa shape index (κ3) is 3.16. The van der Waals surface area contributed by atoms with Gasteiger partial charge in [0.05, 0.1) is 7.11 Å². The van der Waals surface area contributed by atoms with E-state index >= 15 is 0 Å². The molecular formula is C13H21NOS. The summed E-state index contributed by atoms with van der Waals surface area (Å²) in [4.78, 5) is 0. The predicted molar refractivity (Wildman–Crippen MR) is 72.6 cm³/mol. The zero-order valence-electron chi connectivity index (χ0n) is 10.3. The average molecular weight is 239 g/mol. The number of aryl methyl sites for hydroxylation is 1. The van der Waals surface area contributed by atoms with Crippen LogP contribution in [-0.2, 0) is 6.42 Å². The zero-order chi connectivity index (χ0) is 12.0. The van der Waals surface area contributed by atoms with Crippen LogP contribution in [0.3, 0.4) is 0 Å². The van der Waals surface area contributed by atoms with Gasteiger partial charge in [0.1, 0.15) is 5.75 Å². The van der Waals surface area contributed by atoms with Gasteiger partial charge >= 0.3 is 0 Å². The second-order valence-electron chi connectivity index (χ2n) is 3.78. The Kier molecular flexibility index (Phi) is 5.71. The first kappa shape index (κ1) is 13.4. The molecule has 1 aromatic rings. The Morgan fingerprint density at radius 3 is 2.69 bits per heavy atom. The van der Waals surface area contributed by atoms with Crippen LogP contribution in [0.4, 0.5) is 0 Å². The summed E-state index contributed by atoms with van der Waals surface area (Å²) in [5.74, 6) is 1.87. The van der Waals surface area contributed by atoms with Crippen molar-refractivity contribution in [2.75, 3.05) is 19.9 Å². The largest absolute Gasteiger partial charge is 0.496 e. The molecule has 0 saturated carbocycles. The Morgan fingerprint density at radius 1 is 1.44 bits per heavy atom. The molecule has 0 fully saturated rings. The first-order valence-electron chi connectivity index (χ1n) is 5.71. The highest BCUT2D eigenvalue weighted by atomic mass is 32.1. The van der Waals surface area contributed by atoms with Crippen LogP contribution in [0.1, 0.15) is 30.5 Å². The maximum atomic E-state index is 5.33. The van der Waals surface area contributed by atoms with E-state index in [-0.39, 0.29) is 0 Å². The van der Waals surface area contributed by atoms with Crippen LogP contribution in [0.2, 0.25) is 0 Å². The van der Waals surface area contributed by atoms with Crippen LogP contribution in [0.15, 0.2) is 18.2 Å². The Morgan fingerprint density at radius 2 is 2.19 bits per heavy atom. The third-order valence-electron chi connectivity index (χ3n) is 2.85. The summed E-state index contributed by atoms with van der Waals surface area (Å²) in [6.45, 7) is 2.15. The number of hydrogen-bond donors (Lipinski definition) is 2. The van der Waals surface area contributed by atoms with E-state index in [4.69, 9.17) is 4.74 Å². The highest BCUT2D eigenvalue weighted by Gasteiger charge is 2.10. The fourth-order valence-corrected chi connectivity index (χ4v) is 2.16. The molecule has 0 aliphatic heterocycles. The molecule has 16 heavy (non-hydrogen) atoms. The topological polar surface area (TPSA) is 21.3 Å². The lowest BCUT2D eigenvalue weighted by atomic mass is 10.0. The van der Waals surface area contributed by atoms with E-state index in [2.05, 4.69) is 43.1 Å². The second kappa shape index (κ2) is 6.81. The molecular weight excluding hydrogens is 218 g/mol. The minimum Gasteiger partial charge on any atom is -0.496 e. The van der Waals surface area contributed by atoms with Crippen LogP contribution in [0.5, 0.6) is 5.75 Å². The lowest BCUT2D eigenvalue weighted by Gasteiger charge is -2.17. The van der Waals surface area contributed by atoms with E-state index in [1.807, 2.05) is 7.05 Å².